The zero-order valence-corrected chi connectivity index (χ0v) is 8.79. The standard InChI is InChI=1S/C10H17N3O2/c11-8(14)10(2-1-3-10)9(15)13-6-4-12-5-7-13/h12H,1-7H2,(H2,11,14). The van der Waals surface area contributed by atoms with Crippen molar-refractivity contribution in [3.8, 4) is 0 Å². The highest BCUT2D eigenvalue weighted by molar-refractivity contribution is 6.05. The molecule has 1 heterocycles. The Kier molecular flexibility index (Phi) is 2.65. The summed E-state index contributed by atoms with van der Waals surface area (Å²) >= 11 is 0. The number of nitrogens with two attached hydrogens (primary N) is 1. The van der Waals surface area contributed by atoms with E-state index in [-0.39, 0.29) is 5.91 Å². The van der Waals surface area contributed by atoms with E-state index in [9.17, 15) is 9.59 Å². The number of nitrogens with zero attached hydrogens (tertiary/aromatic N) is 1. The molecule has 0 unspecified atom stereocenters. The molecule has 5 nitrogen and oxygen atoms in total. The lowest BCUT2D eigenvalue weighted by Gasteiger charge is -2.42. The van der Waals surface area contributed by atoms with Crippen LogP contribution in [0.1, 0.15) is 19.3 Å². The summed E-state index contributed by atoms with van der Waals surface area (Å²) < 4.78 is 0. The van der Waals surface area contributed by atoms with Gasteiger partial charge in [-0.25, -0.2) is 0 Å². The molecule has 1 aliphatic carbocycles. The van der Waals surface area contributed by atoms with E-state index in [2.05, 4.69) is 5.32 Å². The van der Waals surface area contributed by atoms with Gasteiger partial charge >= 0.3 is 0 Å². The Labute approximate surface area is 89.0 Å². The van der Waals surface area contributed by atoms with Crippen LogP contribution in [-0.2, 0) is 9.59 Å². The summed E-state index contributed by atoms with van der Waals surface area (Å²) in [4.78, 5) is 25.3. The Hall–Kier alpha value is -1.10. The van der Waals surface area contributed by atoms with Crippen molar-refractivity contribution >= 4 is 11.8 Å². The SMILES string of the molecule is NC(=O)C1(C(=O)N2CCNCC2)CCC1. The van der Waals surface area contributed by atoms with E-state index in [1.54, 1.807) is 4.90 Å². The van der Waals surface area contributed by atoms with Crippen LogP contribution in [0.5, 0.6) is 0 Å². The zero-order chi connectivity index (χ0) is 10.9. The monoisotopic (exact) mass is 211 g/mol. The van der Waals surface area contributed by atoms with Crippen molar-refractivity contribution in [1.29, 1.82) is 0 Å². The minimum Gasteiger partial charge on any atom is -0.369 e. The highest BCUT2D eigenvalue weighted by Crippen LogP contribution is 2.42. The van der Waals surface area contributed by atoms with Crippen LogP contribution in [0.25, 0.3) is 0 Å². The van der Waals surface area contributed by atoms with Crippen molar-refractivity contribution in [2.45, 2.75) is 19.3 Å². The lowest BCUT2D eigenvalue weighted by atomic mass is 9.67. The summed E-state index contributed by atoms with van der Waals surface area (Å²) in [5.41, 5.74) is 4.47. The molecule has 15 heavy (non-hydrogen) atoms. The van der Waals surface area contributed by atoms with E-state index in [4.69, 9.17) is 5.73 Å². The molecule has 5 heteroatoms. The lowest BCUT2D eigenvalue weighted by molar-refractivity contribution is -0.155. The number of carbonyl (C=O) groups excluding carboxylic acids is 2. The average Bonchev–Trinajstić information content (AvgIpc) is 2.16. The van der Waals surface area contributed by atoms with Gasteiger partial charge in [-0.1, -0.05) is 6.42 Å². The molecular formula is C10H17N3O2. The van der Waals surface area contributed by atoms with E-state index < -0.39 is 11.3 Å². The minimum absolute atomic E-state index is 0.0530. The summed E-state index contributed by atoms with van der Waals surface area (Å²) in [6.45, 7) is 2.99. The van der Waals surface area contributed by atoms with Crippen LogP contribution in [0.2, 0.25) is 0 Å². The van der Waals surface area contributed by atoms with Gasteiger partial charge in [0.1, 0.15) is 5.41 Å². The van der Waals surface area contributed by atoms with Crippen LogP contribution >= 0.6 is 0 Å². The van der Waals surface area contributed by atoms with Gasteiger partial charge in [-0.3, -0.25) is 9.59 Å². The van der Waals surface area contributed by atoms with E-state index >= 15 is 0 Å². The molecule has 2 fully saturated rings. The fourth-order valence-electron chi connectivity index (χ4n) is 2.27. The van der Waals surface area contributed by atoms with Crippen molar-refractivity contribution in [3.63, 3.8) is 0 Å². The van der Waals surface area contributed by atoms with E-state index in [1.807, 2.05) is 0 Å². The Morgan fingerprint density at radius 3 is 2.20 bits per heavy atom. The molecule has 3 N–H and O–H groups in total. The fourth-order valence-corrected chi connectivity index (χ4v) is 2.27. The topological polar surface area (TPSA) is 75.4 Å². The molecule has 0 bridgehead atoms. The summed E-state index contributed by atoms with van der Waals surface area (Å²) in [5.74, 6) is -0.500. The number of hydrogen-bond acceptors (Lipinski definition) is 3. The van der Waals surface area contributed by atoms with Crippen molar-refractivity contribution in [2.75, 3.05) is 26.2 Å². The number of amides is 2. The Morgan fingerprint density at radius 1 is 1.20 bits per heavy atom. The van der Waals surface area contributed by atoms with Crippen LogP contribution in [0.15, 0.2) is 0 Å². The molecule has 0 aromatic heterocycles. The van der Waals surface area contributed by atoms with Gasteiger partial charge < -0.3 is 16.0 Å². The van der Waals surface area contributed by atoms with Crippen molar-refractivity contribution in [3.05, 3.63) is 0 Å². The number of nitrogens with one attached hydrogen (secondary N) is 1. The van der Waals surface area contributed by atoms with E-state index in [0.29, 0.717) is 25.9 Å². The molecule has 84 valence electrons. The van der Waals surface area contributed by atoms with Crippen molar-refractivity contribution < 1.29 is 9.59 Å². The third kappa shape index (κ3) is 1.61. The molecule has 0 radical (unpaired) electrons. The van der Waals surface area contributed by atoms with Gasteiger partial charge in [0.2, 0.25) is 11.8 Å². The third-order valence-electron chi connectivity index (χ3n) is 3.49. The van der Waals surface area contributed by atoms with Gasteiger partial charge in [0, 0.05) is 26.2 Å². The number of hydrogen-bond donors (Lipinski definition) is 2. The maximum absolute atomic E-state index is 12.1. The molecule has 0 spiro atoms. The zero-order valence-electron chi connectivity index (χ0n) is 8.79. The van der Waals surface area contributed by atoms with Crippen LogP contribution in [-0.4, -0.2) is 42.9 Å². The fraction of sp³-hybridized carbons (Fsp3) is 0.800. The first kappa shape index (κ1) is 10.4. The van der Waals surface area contributed by atoms with Gasteiger partial charge in [-0.15, -0.1) is 0 Å². The second-order valence-electron chi connectivity index (χ2n) is 4.34. The molecule has 0 atom stereocenters. The summed E-state index contributed by atoms with van der Waals surface area (Å²) in [6, 6.07) is 0. The predicted molar refractivity (Wildman–Crippen MR) is 54.9 cm³/mol. The molecule has 2 rings (SSSR count). The number of primary amides is 1. The first-order valence-electron chi connectivity index (χ1n) is 5.47. The van der Waals surface area contributed by atoms with E-state index in [0.717, 1.165) is 19.5 Å². The summed E-state index contributed by atoms with van der Waals surface area (Å²) in [6.07, 6.45) is 2.19. The molecule has 0 aromatic carbocycles. The van der Waals surface area contributed by atoms with Crippen molar-refractivity contribution in [2.24, 2.45) is 11.1 Å². The second-order valence-corrected chi connectivity index (χ2v) is 4.34. The number of piperazine rings is 1. The highest BCUT2D eigenvalue weighted by Gasteiger charge is 2.51. The van der Waals surface area contributed by atoms with Gasteiger partial charge in [0.05, 0.1) is 0 Å². The summed E-state index contributed by atoms with van der Waals surface area (Å²) in [7, 11) is 0. The first-order chi connectivity index (χ1) is 7.17. The van der Waals surface area contributed by atoms with Crippen molar-refractivity contribution in [1.82, 2.24) is 10.2 Å². The van der Waals surface area contributed by atoms with Gasteiger partial charge in [0.25, 0.3) is 0 Å². The molecule has 1 aliphatic heterocycles. The lowest BCUT2D eigenvalue weighted by Crippen LogP contribution is -2.58. The molecule has 0 aromatic rings. The van der Waals surface area contributed by atoms with Crippen LogP contribution in [0.3, 0.4) is 0 Å². The first-order valence-corrected chi connectivity index (χ1v) is 5.47. The smallest absolute Gasteiger partial charge is 0.238 e. The van der Waals surface area contributed by atoms with Crippen LogP contribution in [0, 0.1) is 5.41 Å². The normalized spacial score (nSPS) is 24.4. The second kappa shape index (κ2) is 3.81. The molecule has 2 aliphatic rings. The quantitative estimate of drug-likeness (QED) is 0.580. The highest BCUT2D eigenvalue weighted by atomic mass is 16.2. The minimum atomic E-state index is -0.864. The third-order valence-corrected chi connectivity index (χ3v) is 3.49. The molecule has 2 amide bonds. The Balaban J connectivity index is 2.07. The Morgan fingerprint density at radius 2 is 1.80 bits per heavy atom. The maximum atomic E-state index is 12.1. The number of carbonyl (C=O) groups is 2. The molecular weight excluding hydrogens is 194 g/mol. The Bertz CT molecular complexity index is 280. The van der Waals surface area contributed by atoms with Crippen LogP contribution in [0.4, 0.5) is 0 Å². The largest absolute Gasteiger partial charge is 0.369 e. The molecule has 1 saturated heterocycles. The van der Waals surface area contributed by atoms with Gasteiger partial charge in [-0.05, 0) is 12.8 Å². The summed E-state index contributed by atoms with van der Waals surface area (Å²) in [5, 5.41) is 3.18. The molecule has 1 saturated carbocycles. The average molecular weight is 211 g/mol. The van der Waals surface area contributed by atoms with Crippen LogP contribution < -0.4 is 11.1 Å². The predicted octanol–water partition coefficient (Wildman–Crippen LogP) is -0.926. The van der Waals surface area contributed by atoms with Gasteiger partial charge in [0.15, 0.2) is 0 Å². The van der Waals surface area contributed by atoms with E-state index in [1.165, 1.54) is 0 Å². The number of rotatable bonds is 2. The van der Waals surface area contributed by atoms with Gasteiger partial charge in [-0.2, -0.15) is 0 Å². The maximum Gasteiger partial charge on any atom is 0.238 e.